The molecule has 1 aliphatic heterocycles. The van der Waals surface area contributed by atoms with E-state index >= 15 is 0 Å². The number of rotatable bonds is 6. The van der Waals surface area contributed by atoms with Crippen LogP contribution in [-0.2, 0) is 16.1 Å². The highest BCUT2D eigenvalue weighted by atomic mass is 19.1. The molecule has 1 aromatic heterocycles. The van der Waals surface area contributed by atoms with Gasteiger partial charge in [0.05, 0.1) is 25.7 Å². The number of fused-ring (bicyclic) bond motifs is 1. The monoisotopic (exact) mass is 440 g/mol. The standard InChI is InChI=1S/C24H21FO7/c1-13-10-19-21(23(26)31-13)20(22(32-19)24(27)29-3)14-8-9-17(18(11-14)28-2)30-12-15-6-4-5-7-16(15)25/h4-11,20,22H,12H2,1-3H3/t20-,22-/m1/s1. The Morgan fingerprint density at radius 3 is 2.59 bits per heavy atom. The maximum absolute atomic E-state index is 13.9. The lowest BCUT2D eigenvalue weighted by atomic mass is 9.88. The molecule has 3 aromatic rings. The average Bonchev–Trinajstić information content (AvgIpc) is 3.17. The molecule has 0 N–H and O–H groups in total. The summed E-state index contributed by atoms with van der Waals surface area (Å²) in [5.41, 5.74) is 0.615. The summed E-state index contributed by atoms with van der Waals surface area (Å²) >= 11 is 0. The zero-order valence-electron chi connectivity index (χ0n) is 17.7. The predicted octanol–water partition coefficient (Wildman–Crippen LogP) is 3.74. The minimum atomic E-state index is -1.06. The number of halogens is 1. The molecule has 0 aliphatic carbocycles. The van der Waals surface area contributed by atoms with Crippen LogP contribution in [0, 0.1) is 12.7 Å². The van der Waals surface area contributed by atoms with Crippen molar-refractivity contribution in [3.05, 3.63) is 87.2 Å². The summed E-state index contributed by atoms with van der Waals surface area (Å²) < 4.78 is 41.0. The van der Waals surface area contributed by atoms with Crippen molar-refractivity contribution in [2.75, 3.05) is 14.2 Å². The Morgan fingerprint density at radius 2 is 1.88 bits per heavy atom. The third-order valence-electron chi connectivity index (χ3n) is 5.26. The molecule has 8 heteroatoms. The van der Waals surface area contributed by atoms with Crippen LogP contribution in [0.15, 0.2) is 57.7 Å². The Balaban J connectivity index is 1.70. The van der Waals surface area contributed by atoms with E-state index in [4.69, 9.17) is 23.4 Å². The maximum Gasteiger partial charge on any atom is 0.348 e. The van der Waals surface area contributed by atoms with E-state index in [-0.39, 0.29) is 23.7 Å². The van der Waals surface area contributed by atoms with E-state index < -0.39 is 23.6 Å². The van der Waals surface area contributed by atoms with Crippen LogP contribution >= 0.6 is 0 Å². The molecule has 0 amide bonds. The molecule has 2 aromatic carbocycles. The summed E-state index contributed by atoms with van der Waals surface area (Å²) in [6.45, 7) is 1.63. The molecule has 0 radical (unpaired) electrons. The Kier molecular flexibility index (Phi) is 5.85. The molecule has 2 atom stereocenters. The Bertz CT molecular complexity index is 1220. The van der Waals surface area contributed by atoms with Gasteiger partial charge in [0, 0.05) is 11.6 Å². The molecular weight excluding hydrogens is 419 g/mol. The maximum atomic E-state index is 13.9. The smallest absolute Gasteiger partial charge is 0.348 e. The molecule has 0 bridgehead atoms. The highest BCUT2D eigenvalue weighted by molar-refractivity contribution is 5.79. The topological polar surface area (TPSA) is 84.2 Å². The van der Waals surface area contributed by atoms with Crippen LogP contribution in [0.4, 0.5) is 4.39 Å². The van der Waals surface area contributed by atoms with Gasteiger partial charge in [-0.25, -0.2) is 14.0 Å². The molecule has 166 valence electrons. The van der Waals surface area contributed by atoms with Gasteiger partial charge < -0.3 is 23.4 Å². The molecule has 32 heavy (non-hydrogen) atoms. The second kappa shape index (κ2) is 8.74. The summed E-state index contributed by atoms with van der Waals surface area (Å²) in [7, 11) is 2.71. The molecule has 0 unspecified atom stereocenters. The first-order valence-corrected chi connectivity index (χ1v) is 9.86. The van der Waals surface area contributed by atoms with Crippen molar-refractivity contribution in [2.45, 2.75) is 25.6 Å². The van der Waals surface area contributed by atoms with Crippen molar-refractivity contribution in [3.8, 4) is 17.2 Å². The zero-order chi connectivity index (χ0) is 22.8. The van der Waals surface area contributed by atoms with Crippen molar-refractivity contribution in [2.24, 2.45) is 0 Å². The fourth-order valence-electron chi connectivity index (χ4n) is 3.74. The number of hydrogen-bond donors (Lipinski definition) is 0. The minimum absolute atomic E-state index is 0.00536. The predicted molar refractivity (Wildman–Crippen MR) is 112 cm³/mol. The van der Waals surface area contributed by atoms with Gasteiger partial charge in [0.1, 0.15) is 23.9 Å². The fourth-order valence-corrected chi connectivity index (χ4v) is 3.74. The number of esters is 1. The molecule has 2 heterocycles. The number of methoxy groups -OCH3 is 2. The molecule has 7 nitrogen and oxygen atoms in total. The number of ether oxygens (including phenoxy) is 4. The summed E-state index contributed by atoms with van der Waals surface area (Å²) in [4.78, 5) is 25.0. The first-order chi connectivity index (χ1) is 15.4. The Labute approximate surface area is 183 Å². The van der Waals surface area contributed by atoms with Crippen LogP contribution in [0.2, 0.25) is 0 Å². The van der Waals surface area contributed by atoms with E-state index in [1.54, 1.807) is 49.4 Å². The molecular formula is C24H21FO7. The SMILES string of the molecule is COC(=O)[C@@H]1Oc2cc(C)oc(=O)c2[C@H]1c1ccc(OCc2ccccc2F)c(OC)c1. The van der Waals surface area contributed by atoms with Gasteiger partial charge in [0.25, 0.3) is 0 Å². The largest absolute Gasteiger partial charge is 0.493 e. The van der Waals surface area contributed by atoms with Crippen molar-refractivity contribution in [1.29, 1.82) is 0 Å². The quantitative estimate of drug-likeness (QED) is 0.540. The molecule has 0 fully saturated rings. The Morgan fingerprint density at radius 1 is 1.09 bits per heavy atom. The third kappa shape index (κ3) is 3.91. The summed E-state index contributed by atoms with van der Waals surface area (Å²) in [5.74, 6) is -0.376. The van der Waals surface area contributed by atoms with Gasteiger partial charge >= 0.3 is 11.6 Å². The first kappa shape index (κ1) is 21.4. The van der Waals surface area contributed by atoms with Crippen molar-refractivity contribution >= 4 is 5.97 Å². The summed E-state index contributed by atoms with van der Waals surface area (Å²) in [6, 6.07) is 12.9. The van der Waals surface area contributed by atoms with Gasteiger partial charge in [-0.2, -0.15) is 0 Å². The lowest BCUT2D eigenvalue weighted by Gasteiger charge is -2.19. The van der Waals surface area contributed by atoms with Gasteiger partial charge in [-0.3, -0.25) is 0 Å². The van der Waals surface area contributed by atoms with Gasteiger partial charge in [0.2, 0.25) is 6.10 Å². The first-order valence-electron chi connectivity index (χ1n) is 9.86. The Hall–Kier alpha value is -3.81. The number of carbonyl (C=O) groups is 1. The summed E-state index contributed by atoms with van der Waals surface area (Å²) in [5, 5.41) is 0. The fraction of sp³-hybridized carbons (Fsp3) is 0.250. The lowest BCUT2D eigenvalue weighted by molar-refractivity contribution is -0.148. The minimum Gasteiger partial charge on any atom is -0.493 e. The molecule has 4 rings (SSSR count). The normalized spacial score (nSPS) is 16.8. The van der Waals surface area contributed by atoms with Crippen LogP contribution in [-0.4, -0.2) is 26.3 Å². The van der Waals surface area contributed by atoms with Crippen molar-refractivity contribution in [1.82, 2.24) is 0 Å². The van der Waals surface area contributed by atoms with Gasteiger partial charge in [-0.05, 0) is 30.7 Å². The number of hydrogen-bond acceptors (Lipinski definition) is 7. The zero-order valence-corrected chi connectivity index (χ0v) is 17.7. The van der Waals surface area contributed by atoms with E-state index in [1.165, 1.54) is 20.3 Å². The van der Waals surface area contributed by atoms with Gasteiger partial charge in [-0.1, -0.05) is 24.3 Å². The van der Waals surface area contributed by atoms with Gasteiger partial charge in [-0.15, -0.1) is 0 Å². The van der Waals surface area contributed by atoms with E-state index in [2.05, 4.69) is 0 Å². The van der Waals surface area contributed by atoms with Crippen LogP contribution in [0.1, 0.15) is 28.4 Å². The summed E-state index contributed by atoms with van der Waals surface area (Å²) in [6.07, 6.45) is -1.06. The number of benzene rings is 2. The van der Waals surface area contributed by atoms with E-state index in [0.717, 1.165) is 0 Å². The number of carbonyl (C=O) groups excluding carboxylic acids is 1. The van der Waals surface area contributed by atoms with Crippen LogP contribution in [0.3, 0.4) is 0 Å². The second-order valence-corrected chi connectivity index (χ2v) is 7.25. The van der Waals surface area contributed by atoms with E-state index in [0.29, 0.717) is 28.4 Å². The third-order valence-corrected chi connectivity index (χ3v) is 5.26. The van der Waals surface area contributed by atoms with E-state index in [1.807, 2.05) is 0 Å². The highest BCUT2D eigenvalue weighted by Crippen LogP contribution is 2.43. The second-order valence-electron chi connectivity index (χ2n) is 7.25. The van der Waals surface area contributed by atoms with E-state index in [9.17, 15) is 14.0 Å². The van der Waals surface area contributed by atoms with Crippen LogP contribution < -0.4 is 19.8 Å². The molecule has 0 spiro atoms. The highest BCUT2D eigenvalue weighted by Gasteiger charge is 2.44. The molecule has 0 saturated heterocycles. The lowest BCUT2D eigenvalue weighted by Crippen LogP contribution is -2.31. The van der Waals surface area contributed by atoms with Crippen LogP contribution in [0.5, 0.6) is 17.2 Å². The van der Waals surface area contributed by atoms with Gasteiger partial charge in [0.15, 0.2) is 11.5 Å². The molecule has 1 aliphatic rings. The van der Waals surface area contributed by atoms with Crippen molar-refractivity contribution in [3.63, 3.8) is 0 Å². The average molecular weight is 440 g/mol. The van der Waals surface area contributed by atoms with Crippen LogP contribution in [0.25, 0.3) is 0 Å². The number of aryl methyl sites for hydroxylation is 1. The molecule has 0 saturated carbocycles. The van der Waals surface area contributed by atoms with Crippen molar-refractivity contribution < 1.29 is 32.5 Å².